The van der Waals surface area contributed by atoms with E-state index in [4.69, 9.17) is 0 Å². The van der Waals surface area contributed by atoms with Gasteiger partial charge in [0.2, 0.25) is 0 Å². The Kier molecular flexibility index (Phi) is 9.33. The van der Waals surface area contributed by atoms with Gasteiger partial charge in [-0.05, 0) is 72.1 Å². The van der Waals surface area contributed by atoms with E-state index < -0.39 is 0 Å². The second kappa shape index (κ2) is 12.0. The first kappa shape index (κ1) is 27.2. The third-order valence-corrected chi connectivity index (χ3v) is 6.76. The van der Waals surface area contributed by atoms with Gasteiger partial charge in [0.15, 0.2) is 0 Å². The van der Waals surface area contributed by atoms with Crippen LogP contribution in [0.5, 0.6) is 0 Å². The number of aryl methyl sites for hydroxylation is 6. The minimum absolute atomic E-state index is 1.01. The van der Waals surface area contributed by atoms with E-state index in [1.807, 2.05) is 0 Å². The van der Waals surface area contributed by atoms with Crippen molar-refractivity contribution in [3.8, 4) is 0 Å². The maximum atomic E-state index is 2.65. The molecular formula is C33H47N2+. The molecule has 0 spiro atoms. The van der Waals surface area contributed by atoms with Crippen molar-refractivity contribution in [3.05, 3.63) is 105 Å². The molecule has 0 aliphatic rings. The maximum absolute atomic E-state index is 2.65. The van der Waals surface area contributed by atoms with E-state index in [-0.39, 0.29) is 0 Å². The number of hydrogen-bond acceptors (Lipinski definition) is 1. The van der Waals surface area contributed by atoms with Crippen molar-refractivity contribution in [2.75, 3.05) is 27.2 Å². The zero-order chi connectivity index (χ0) is 25.6. The van der Waals surface area contributed by atoms with E-state index >= 15 is 0 Å². The van der Waals surface area contributed by atoms with E-state index in [1.165, 1.54) is 69.5 Å². The summed E-state index contributed by atoms with van der Waals surface area (Å²) in [6.45, 7) is 18.7. The first-order valence-electron chi connectivity index (χ1n) is 13.2. The number of benzene rings is 3. The van der Waals surface area contributed by atoms with Crippen molar-refractivity contribution in [3.63, 3.8) is 0 Å². The highest BCUT2D eigenvalue weighted by Crippen LogP contribution is 2.18. The Labute approximate surface area is 215 Å². The molecule has 0 saturated heterocycles. The molecule has 188 valence electrons. The van der Waals surface area contributed by atoms with Crippen LogP contribution in [0.4, 0.5) is 0 Å². The lowest BCUT2D eigenvalue weighted by atomic mass is 10.0. The molecule has 0 heterocycles. The summed E-state index contributed by atoms with van der Waals surface area (Å²) in [7, 11) is 4.75. The summed E-state index contributed by atoms with van der Waals surface area (Å²) in [4.78, 5) is 2.65. The van der Waals surface area contributed by atoms with Gasteiger partial charge in [0.25, 0.3) is 0 Å². The molecule has 0 atom stereocenters. The molecule has 3 aromatic carbocycles. The lowest BCUT2D eigenvalue weighted by Gasteiger charge is -2.31. The van der Waals surface area contributed by atoms with Crippen LogP contribution in [-0.2, 0) is 19.6 Å². The summed E-state index contributed by atoms with van der Waals surface area (Å²) >= 11 is 0. The minimum Gasteiger partial charge on any atom is -0.325 e. The van der Waals surface area contributed by atoms with Crippen LogP contribution in [0.3, 0.4) is 0 Å². The van der Waals surface area contributed by atoms with Crippen molar-refractivity contribution < 1.29 is 4.48 Å². The summed E-state index contributed by atoms with van der Waals surface area (Å²) in [5, 5.41) is 0. The zero-order valence-corrected chi connectivity index (χ0v) is 23.5. The fourth-order valence-corrected chi connectivity index (χ4v) is 5.66. The Morgan fingerprint density at radius 1 is 0.514 bits per heavy atom. The van der Waals surface area contributed by atoms with Gasteiger partial charge >= 0.3 is 0 Å². The van der Waals surface area contributed by atoms with Gasteiger partial charge in [-0.15, -0.1) is 0 Å². The van der Waals surface area contributed by atoms with E-state index in [9.17, 15) is 0 Å². The molecule has 2 nitrogen and oxygen atoms in total. The molecule has 0 N–H and O–H groups in total. The van der Waals surface area contributed by atoms with Gasteiger partial charge < -0.3 is 4.48 Å². The molecule has 0 amide bonds. The van der Waals surface area contributed by atoms with Crippen LogP contribution in [0.25, 0.3) is 0 Å². The highest BCUT2D eigenvalue weighted by Gasteiger charge is 2.17. The molecule has 0 aromatic heterocycles. The molecule has 35 heavy (non-hydrogen) atoms. The van der Waals surface area contributed by atoms with Gasteiger partial charge in [-0.25, -0.2) is 0 Å². The third-order valence-electron chi connectivity index (χ3n) is 6.76. The number of nitrogens with zero attached hydrogens (tertiary/aromatic N) is 2. The molecule has 2 heteroatoms. The molecular weight excluding hydrogens is 424 g/mol. The topological polar surface area (TPSA) is 3.24 Å². The number of hydrogen-bond donors (Lipinski definition) is 0. The van der Waals surface area contributed by atoms with Crippen molar-refractivity contribution in [2.45, 2.75) is 74.0 Å². The Hall–Kier alpha value is -2.42. The molecule has 0 saturated carbocycles. The van der Waals surface area contributed by atoms with E-state index in [0.717, 1.165) is 30.7 Å². The van der Waals surface area contributed by atoms with E-state index in [1.54, 1.807) is 0 Å². The van der Waals surface area contributed by atoms with Gasteiger partial charge in [-0.1, -0.05) is 88.0 Å². The monoisotopic (exact) mass is 471 g/mol. The molecule has 3 aromatic rings. The maximum Gasteiger partial charge on any atom is 0.104 e. The van der Waals surface area contributed by atoms with E-state index in [2.05, 4.69) is 115 Å². The summed E-state index contributed by atoms with van der Waals surface area (Å²) in [6, 6.07) is 20.9. The van der Waals surface area contributed by atoms with Crippen LogP contribution in [0, 0.1) is 41.5 Å². The summed E-state index contributed by atoms with van der Waals surface area (Å²) in [5.41, 5.74) is 12.5. The average molecular weight is 472 g/mol. The molecule has 0 fully saturated rings. The largest absolute Gasteiger partial charge is 0.325 e. The normalized spacial score (nSPS) is 11.9. The Morgan fingerprint density at radius 3 is 1.29 bits per heavy atom. The van der Waals surface area contributed by atoms with Gasteiger partial charge in [0.1, 0.15) is 6.54 Å². The predicted octanol–water partition coefficient (Wildman–Crippen LogP) is 7.60. The fraction of sp³-hybridized carbons (Fsp3) is 0.455. The Balaban J connectivity index is 1.62. The van der Waals surface area contributed by atoms with Crippen LogP contribution in [0.2, 0.25) is 0 Å². The summed E-state index contributed by atoms with van der Waals surface area (Å²) in [6.07, 6.45) is 2.47. The summed E-state index contributed by atoms with van der Waals surface area (Å²) in [5.74, 6) is 0. The van der Waals surface area contributed by atoms with Crippen LogP contribution < -0.4 is 0 Å². The van der Waals surface area contributed by atoms with Gasteiger partial charge in [0.05, 0.1) is 20.6 Å². The van der Waals surface area contributed by atoms with Crippen molar-refractivity contribution in [2.24, 2.45) is 0 Å². The molecule has 3 rings (SSSR count). The molecule has 0 bridgehead atoms. The Bertz CT molecular complexity index is 1010. The molecule has 0 aliphatic heterocycles. The Morgan fingerprint density at radius 2 is 0.886 bits per heavy atom. The van der Waals surface area contributed by atoms with Crippen molar-refractivity contribution in [1.29, 1.82) is 0 Å². The zero-order valence-electron chi connectivity index (χ0n) is 23.5. The lowest BCUT2D eigenvalue weighted by Crippen LogP contribution is -2.39. The smallest absolute Gasteiger partial charge is 0.104 e. The molecule has 0 unspecified atom stereocenters. The highest BCUT2D eigenvalue weighted by molar-refractivity contribution is 5.30. The van der Waals surface area contributed by atoms with Gasteiger partial charge in [-0.3, -0.25) is 4.90 Å². The van der Waals surface area contributed by atoms with Gasteiger partial charge in [-0.2, -0.15) is 0 Å². The fourth-order valence-electron chi connectivity index (χ4n) is 5.66. The quantitative estimate of drug-likeness (QED) is 0.206. The molecule has 0 radical (unpaired) electrons. The number of quaternary nitrogens is 1. The predicted molar refractivity (Wildman–Crippen MR) is 152 cm³/mol. The van der Waals surface area contributed by atoms with E-state index in [0.29, 0.717) is 0 Å². The van der Waals surface area contributed by atoms with Crippen LogP contribution in [0.1, 0.15) is 62.9 Å². The second-order valence-corrected chi connectivity index (χ2v) is 11.7. The first-order chi connectivity index (χ1) is 16.5. The summed E-state index contributed by atoms with van der Waals surface area (Å²) < 4.78 is 1.04. The third kappa shape index (κ3) is 9.28. The average Bonchev–Trinajstić information content (AvgIpc) is 2.68. The SMILES string of the molecule is Cc1cc(C)cc(CN(CCCC[N+](C)(C)Cc2cc(C)cc(C)c2)Cc2cc(C)cc(C)c2)c1. The first-order valence-corrected chi connectivity index (χ1v) is 13.2. The second-order valence-electron chi connectivity index (χ2n) is 11.7. The lowest BCUT2D eigenvalue weighted by molar-refractivity contribution is -0.903. The van der Waals surface area contributed by atoms with Crippen LogP contribution in [0.15, 0.2) is 54.6 Å². The number of rotatable bonds is 11. The molecule has 0 aliphatic carbocycles. The van der Waals surface area contributed by atoms with Gasteiger partial charge in [0, 0.05) is 18.7 Å². The standard InChI is InChI=1S/C33H47N2/c1-25-13-26(2)17-31(16-25)22-34(23-32-18-27(3)14-28(4)19-32)11-9-10-12-35(7,8)24-33-20-29(5)15-30(6)21-33/h13-21H,9-12,22-24H2,1-8H3/q+1. The minimum atomic E-state index is 1.01. The highest BCUT2D eigenvalue weighted by atomic mass is 15.3. The van der Waals surface area contributed by atoms with Crippen molar-refractivity contribution in [1.82, 2.24) is 4.90 Å². The van der Waals surface area contributed by atoms with Crippen LogP contribution >= 0.6 is 0 Å². The van der Waals surface area contributed by atoms with Crippen molar-refractivity contribution >= 4 is 0 Å². The van der Waals surface area contributed by atoms with Crippen LogP contribution in [-0.4, -0.2) is 36.6 Å². The number of unbranched alkanes of at least 4 members (excludes halogenated alkanes) is 1.